The van der Waals surface area contributed by atoms with Gasteiger partial charge in [0.05, 0.1) is 17.8 Å². The SMILES string of the molecule is CC(C)(O)CCOc1ccc(Oc2ccc(F)c3c2CCC3)c(C#N)c1. The van der Waals surface area contributed by atoms with Crippen LogP contribution in [-0.2, 0) is 12.8 Å². The summed E-state index contributed by atoms with van der Waals surface area (Å²) in [7, 11) is 0. The van der Waals surface area contributed by atoms with Crippen LogP contribution in [0, 0.1) is 17.1 Å². The highest BCUT2D eigenvalue weighted by atomic mass is 19.1. The summed E-state index contributed by atoms with van der Waals surface area (Å²) in [5.41, 5.74) is 1.15. The van der Waals surface area contributed by atoms with Crippen molar-refractivity contribution in [3.05, 3.63) is 52.8 Å². The highest BCUT2D eigenvalue weighted by molar-refractivity contribution is 5.52. The minimum Gasteiger partial charge on any atom is -0.493 e. The minimum absolute atomic E-state index is 0.194. The molecular formula is C21H22FNO3. The van der Waals surface area contributed by atoms with Crippen molar-refractivity contribution in [3.8, 4) is 23.3 Å². The molecule has 2 aromatic rings. The Morgan fingerprint density at radius 3 is 2.62 bits per heavy atom. The maximum absolute atomic E-state index is 13.9. The van der Waals surface area contributed by atoms with E-state index in [9.17, 15) is 14.8 Å². The Morgan fingerprint density at radius 2 is 1.88 bits per heavy atom. The number of hydrogen-bond donors (Lipinski definition) is 1. The van der Waals surface area contributed by atoms with Crippen molar-refractivity contribution >= 4 is 0 Å². The Bertz CT molecular complexity index is 850. The van der Waals surface area contributed by atoms with Crippen LogP contribution in [0.3, 0.4) is 0 Å². The fraction of sp³-hybridized carbons (Fsp3) is 0.381. The lowest BCUT2D eigenvalue weighted by Gasteiger charge is -2.17. The lowest BCUT2D eigenvalue weighted by Crippen LogP contribution is -2.21. The zero-order valence-electron chi connectivity index (χ0n) is 15.0. The first-order valence-electron chi connectivity index (χ1n) is 8.75. The summed E-state index contributed by atoms with van der Waals surface area (Å²) < 4.78 is 25.4. The monoisotopic (exact) mass is 355 g/mol. The third-order valence-corrected chi connectivity index (χ3v) is 4.46. The normalized spacial score (nSPS) is 13.2. The maximum Gasteiger partial charge on any atom is 0.145 e. The molecule has 0 unspecified atom stereocenters. The predicted molar refractivity (Wildman–Crippen MR) is 96.1 cm³/mol. The first-order chi connectivity index (χ1) is 12.4. The van der Waals surface area contributed by atoms with Gasteiger partial charge in [0, 0.05) is 18.1 Å². The fourth-order valence-corrected chi connectivity index (χ4v) is 3.04. The molecule has 2 aromatic carbocycles. The third kappa shape index (κ3) is 4.14. The highest BCUT2D eigenvalue weighted by Gasteiger charge is 2.21. The van der Waals surface area contributed by atoms with E-state index in [-0.39, 0.29) is 5.82 Å². The van der Waals surface area contributed by atoms with Gasteiger partial charge in [-0.3, -0.25) is 0 Å². The summed E-state index contributed by atoms with van der Waals surface area (Å²) in [6.45, 7) is 3.78. The van der Waals surface area contributed by atoms with E-state index in [1.165, 1.54) is 6.07 Å². The molecular weight excluding hydrogens is 333 g/mol. The molecule has 0 saturated heterocycles. The van der Waals surface area contributed by atoms with Crippen molar-refractivity contribution in [1.29, 1.82) is 5.26 Å². The van der Waals surface area contributed by atoms with E-state index in [0.29, 0.717) is 41.4 Å². The lowest BCUT2D eigenvalue weighted by atomic mass is 10.1. The second-order valence-corrected chi connectivity index (χ2v) is 7.14. The van der Waals surface area contributed by atoms with Gasteiger partial charge in [-0.1, -0.05) is 0 Å². The number of rotatable bonds is 6. The molecule has 0 fully saturated rings. The van der Waals surface area contributed by atoms with E-state index in [0.717, 1.165) is 24.8 Å². The number of halogens is 1. The highest BCUT2D eigenvalue weighted by Crippen LogP contribution is 2.36. The van der Waals surface area contributed by atoms with Gasteiger partial charge in [-0.25, -0.2) is 4.39 Å². The summed E-state index contributed by atoms with van der Waals surface area (Å²) >= 11 is 0. The van der Waals surface area contributed by atoms with Crippen molar-refractivity contribution in [3.63, 3.8) is 0 Å². The summed E-state index contributed by atoms with van der Waals surface area (Å²) in [5.74, 6) is 1.37. The van der Waals surface area contributed by atoms with Crippen LogP contribution in [0.4, 0.5) is 4.39 Å². The molecule has 0 aromatic heterocycles. The van der Waals surface area contributed by atoms with Crippen molar-refractivity contribution in [2.75, 3.05) is 6.61 Å². The van der Waals surface area contributed by atoms with E-state index in [1.54, 1.807) is 38.1 Å². The van der Waals surface area contributed by atoms with Crippen LogP contribution in [0.25, 0.3) is 0 Å². The van der Waals surface area contributed by atoms with Crippen LogP contribution in [-0.4, -0.2) is 17.3 Å². The molecule has 0 heterocycles. The van der Waals surface area contributed by atoms with Crippen LogP contribution in [0.2, 0.25) is 0 Å². The Morgan fingerprint density at radius 1 is 1.15 bits per heavy atom. The van der Waals surface area contributed by atoms with Crippen LogP contribution in [0.1, 0.15) is 43.4 Å². The molecule has 0 atom stereocenters. The van der Waals surface area contributed by atoms with Gasteiger partial charge in [-0.15, -0.1) is 0 Å². The molecule has 0 bridgehead atoms. The largest absolute Gasteiger partial charge is 0.493 e. The Hall–Kier alpha value is -2.58. The molecule has 1 N–H and O–H groups in total. The summed E-state index contributed by atoms with van der Waals surface area (Å²) in [6.07, 6.45) is 2.89. The maximum atomic E-state index is 13.9. The van der Waals surface area contributed by atoms with Crippen molar-refractivity contribution < 1.29 is 19.0 Å². The molecule has 1 aliphatic carbocycles. The zero-order chi connectivity index (χ0) is 18.7. The van der Waals surface area contributed by atoms with E-state index in [1.807, 2.05) is 0 Å². The van der Waals surface area contributed by atoms with E-state index in [2.05, 4.69) is 6.07 Å². The summed E-state index contributed by atoms with van der Waals surface area (Å²) in [4.78, 5) is 0. The number of nitriles is 1. The van der Waals surface area contributed by atoms with Gasteiger partial charge < -0.3 is 14.6 Å². The quantitative estimate of drug-likeness (QED) is 0.828. The van der Waals surface area contributed by atoms with Gasteiger partial charge >= 0.3 is 0 Å². The summed E-state index contributed by atoms with van der Waals surface area (Å²) in [5, 5.41) is 19.1. The molecule has 0 radical (unpaired) electrons. The van der Waals surface area contributed by atoms with Crippen LogP contribution in [0.5, 0.6) is 17.2 Å². The first-order valence-corrected chi connectivity index (χ1v) is 8.75. The number of aliphatic hydroxyl groups is 1. The van der Waals surface area contributed by atoms with Crippen LogP contribution >= 0.6 is 0 Å². The molecule has 3 rings (SSSR count). The Kier molecular flexibility index (Phi) is 5.15. The molecule has 4 nitrogen and oxygen atoms in total. The molecule has 26 heavy (non-hydrogen) atoms. The molecule has 0 aliphatic heterocycles. The number of fused-ring (bicyclic) bond motifs is 1. The zero-order valence-corrected chi connectivity index (χ0v) is 15.0. The van der Waals surface area contributed by atoms with Gasteiger partial charge in [0.1, 0.15) is 29.1 Å². The number of hydrogen-bond acceptors (Lipinski definition) is 4. The van der Waals surface area contributed by atoms with E-state index in [4.69, 9.17) is 9.47 Å². The first kappa shape index (κ1) is 18.2. The van der Waals surface area contributed by atoms with Gasteiger partial charge in [0.15, 0.2) is 0 Å². The number of nitrogens with zero attached hydrogens (tertiary/aromatic N) is 1. The van der Waals surface area contributed by atoms with Crippen molar-refractivity contribution in [1.82, 2.24) is 0 Å². The number of benzene rings is 2. The Labute approximate surface area is 152 Å². The topological polar surface area (TPSA) is 62.5 Å². The van der Waals surface area contributed by atoms with Gasteiger partial charge in [-0.05, 0) is 62.9 Å². The third-order valence-electron chi connectivity index (χ3n) is 4.46. The second-order valence-electron chi connectivity index (χ2n) is 7.14. The van der Waals surface area contributed by atoms with Crippen molar-refractivity contribution in [2.24, 2.45) is 0 Å². The molecule has 0 saturated carbocycles. The number of ether oxygens (including phenoxy) is 2. The molecule has 0 amide bonds. The molecule has 5 heteroatoms. The lowest BCUT2D eigenvalue weighted by molar-refractivity contribution is 0.0553. The fourth-order valence-electron chi connectivity index (χ4n) is 3.04. The summed E-state index contributed by atoms with van der Waals surface area (Å²) in [6, 6.07) is 10.2. The van der Waals surface area contributed by atoms with Gasteiger partial charge in [0.2, 0.25) is 0 Å². The molecule has 1 aliphatic rings. The second kappa shape index (κ2) is 7.35. The van der Waals surface area contributed by atoms with Crippen molar-refractivity contribution in [2.45, 2.75) is 45.1 Å². The van der Waals surface area contributed by atoms with Crippen LogP contribution < -0.4 is 9.47 Å². The van der Waals surface area contributed by atoms with E-state index < -0.39 is 5.60 Å². The Balaban J connectivity index is 1.77. The molecule has 136 valence electrons. The average molecular weight is 355 g/mol. The van der Waals surface area contributed by atoms with E-state index >= 15 is 0 Å². The molecule has 0 spiro atoms. The van der Waals surface area contributed by atoms with Gasteiger partial charge in [0.25, 0.3) is 0 Å². The average Bonchev–Trinajstić information content (AvgIpc) is 3.08. The minimum atomic E-state index is -0.802. The standard InChI is InChI=1S/C21H22FNO3/c1-21(2,24)10-11-25-15-6-8-19(14(12-15)13-23)26-20-9-7-18(22)16-4-3-5-17(16)20/h6-9,12,24H,3-5,10-11H2,1-2H3. The van der Waals surface area contributed by atoms with Crippen LogP contribution in [0.15, 0.2) is 30.3 Å². The smallest absolute Gasteiger partial charge is 0.145 e. The van der Waals surface area contributed by atoms with Gasteiger partial charge in [-0.2, -0.15) is 5.26 Å². The predicted octanol–water partition coefficient (Wildman–Crippen LogP) is 4.52.